The van der Waals surface area contributed by atoms with Crippen LogP contribution in [-0.4, -0.2) is 111 Å². The zero-order valence-corrected chi connectivity index (χ0v) is 21.8. The Hall–Kier alpha value is -3.61. The Kier molecular flexibility index (Phi) is 9.02. The van der Waals surface area contributed by atoms with Gasteiger partial charge in [0.05, 0.1) is 32.3 Å². The van der Waals surface area contributed by atoms with E-state index in [2.05, 4.69) is 24.7 Å². The Labute approximate surface area is 223 Å². The number of anilines is 1. The minimum Gasteiger partial charge on any atom is -0.543 e. The lowest BCUT2D eigenvalue weighted by molar-refractivity contribution is -0.900. The third-order valence-corrected chi connectivity index (χ3v) is 7.64. The largest absolute Gasteiger partial charge is 0.543 e. The van der Waals surface area contributed by atoms with Gasteiger partial charge in [0.15, 0.2) is 11.2 Å². The number of halogens is 1. The first kappa shape index (κ1) is 29.0. The number of nitrogens with zero attached hydrogens (tertiary/aromatic N) is 5. The molecule has 3 rings (SSSR count). The first-order valence-corrected chi connectivity index (χ1v) is 12.7. The standard InChI is InChI=1S/C20H25FN8O7S2/c1-29(2,10(6-30)14(22)31)5-3-4-9-7-37-18-12(17(33)28(18)13(9)19(34)35)24-16(32)11(26-36-8-21)15-25-20(23)38-27-15/h3-4,10,12,18,30H,5-8H2,1-2H3,(H5-,22,23,24,25,27,31,32,34,35)/b4-3+,26-11-/t10-,12-,18-/m1/s1. The second kappa shape index (κ2) is 11.8. The molecular formula is C20H25FN8O7S2. The number of β-lactam (4-membered cyclic amide) rings is 1. The molecule has 3 heterocycles. The van der Waals surface area contributed by atoms with Crippen LogP contribution >= 0.6 is 23.3 Å². The van der Waals surface area contributed by atoms with Crippen LogP contribution in [0.3, 0.4) is 0 Å². The van der Waals surface area contributed by atoms with E-state index in [0.717, 1.165) is 16.4 Å². The van der Waals surface area contributed by atoms with Gasteiger partial charge >= 0.3 is 0 Å². The maximum Gasteiger partial charge on any atom is 0.278 e. The molecule has 38 heavy (non-hydrogen) atoms. The highest BCUT2D eigenvalue weighted by Gasteiger charge is 2.53. The number of carbonyl (C=O) groups excluding carboxylic acids is 4. The van der Waals surface area contributed by atoms with Gasteiger partial charge in [-0.2, -0.15) is 9.36 Å². The van der Waals surface area contributed by atoms with Gasteiger partial charge in [0.25, 0.3) is 24.6 Å². The maximum absolute atomic E-state index is 12.9. The number of thioether (sulfide) groups is 1. The Bertz CT molecular complexity index is 1220. The number of nitrogens with two attached hydrogens (primary N) is 2. The van der Waals surface area contributed by atoms with E-state index in [-0.39, 0.29) is 39.0 Å². The molecule has 2 aliphatic heterocycles. The summed E-state index contributed by atoms with van der Waals surface area (Å²) in [5.41, 5.74) is 10.3. The van der Waals surface area contributed by atoms with Crippen molar-refractivity contribution in [1.29, 1.82) is 0 Å². The number of rotatable bonds is 12. The average Bonchev–Trinajstić information content (AvgIpc) is 3.27. The Morgan fingerprint density at radius 2 is 2.16 bits per heavy atom. The lowest BCUT2D eigenvalue weighted by atomic mass is 10.0. The number of quaternary nitrogens is 1. The van der Waals surface area contributed by atoms with Gasteiger partial charge in [-0.25, -0.2) is 4.39 Å². The minimum absolute atomic E-state index is 0.0122. The number of carboxylic acid groups (broad SMARTS) is 1. The Balaban J connectivity index is 1.77. The van der Waals surface area contributed by atoms with Gasteiger partial charge in [0, 0.05) is 17.3 Å². The molecule has 6 N–H and O–H groups in total. The number of fused-ring (bicyclic) bond motifs is 1. The van der Waals surface area contributed by atoms with Crippen LogP contribution in [0.25, 0.3) is 0 Å². The third-order valence-electron chi connectivity index (χ3n) is 5.79. The molecule has 0 spiro atoms. The number of oxime groups is 1. The average molecular weight is 573 g/mol. The topological polar surface area (TPSA) is 226 Å². The molecule has 2 aliphatic rings. The van der Waals surface area contributed by atoms with E-state index in [1.807, 2.05) is 0 Å². The molecule has 1 fully saturated rings. The number of aliphatic hydroxyl groups excluding tert-OH is 1. The summed E-state index contributed by atoms with van der Waals surface area (Å²) in [5.74, 6) is -4.03. The van der Waals surface area contributed by atoms with E-state index in [0.29, 0.717) is 0 Å². The molecular weight excluding hydrogens is 547 g/mol. The molecule has 3 amide bonds. The number of nitrogens with one attached hydrogen (secondary N) is 1. The summed E-state index contributed by atoms with van der Waals surface area (Å²) in [7, 11) is 3.35. The number of carbonyl (C=O) groups is 4. The fourth-order valence-electron chi connectivity index (χ4n) is 3.82. The van der Waals surface area contributed by atoms with Gasteiger partial charge < -0.3 is 41.1 Å². The second-order valence-electron chi connectivity index (χ2n) is 8.62. The number of hydrogen-bond donors (Lipinski definition) is 4. The molecule has 3 atom stereocenters. The molecule has 206 valence electrons. The lowest BCUT2D eigenvalue weighted by Crippen LogP contribution is -2.71. The molecule has 0 saturated carbocycles. The summed E-state index contributed by atoms with van der Waals surface area (Å²) in [6.45, 7) is -1.58. The predicted octanol–water partition coefficient (Wildman–Crippen LogP) is -3.35. The maximum atomic E-state index is 12.9. The van der Waals surface area contributed by atoms with Crippen LogP contribution in [0.5, 0.6) is 0 Å². The number of likely N-dealkylation sites (N-methyl/N-ethyl adjacent to an activating group) is 1. The summed E-state index contributed by atoms with van der Waals surface area (Å²) in [6.07, 6.45) is 3.11. The SMILES string of the molecule is C[N+](C)(C/C=C/C1=C(C(=O)[O-])N2C(=O)[C@@H](NC(=O)/C(=N\OCF)c3nsc(N)n3)[C@H]2SC1)[C@H](CO)C(N)=O. The van der Waals surface area contributed by atoms with Crippen LogP contribution in [0, 0.1) is 0 Å². The van der Waals surface area contributed by atoms with E-state index in [9.17, 15) is 33.8 Å². The fraction of sp³-hybridized carbons (Fsp3) is 0.450. The molecule has 0 aromatic carbocycles. The van der Waals surface area contributed by atoms with Gasteiger partial charge in [0.2, 0.25) is 11.5 Å². The second-order valence-corrected chi connectivity index (χ2v) is 10.5. The molecule has 1 aromatic rings. The highest BCUT2D eigenvalue weighted by Crippen LogP contribution is 2.40. The first-order chi connectivity index (χ1) is 17.9. The van der Waals surface area contributed by atoms with Crippen molar-refractivity contribution in [2.75, 3.05) is 45.6 Å². The van der Waals surface area contributed by atoms with Crippen LogP contribution in [-0.2, 0) is 24.0 Å². The molecule has 1 aromatic heterocycles. The molecule has 0 aliphatic carbocycles. The number of primary amides is 1. The van der Waals surface area contributed by atoms with Crippen molar-refractivity contribution in [3.8, 4) is 0 Å². The van der Waals surface area contributed by atoms with E-state index in [1.54, 1.807) is 20.2 Å². The lowest BCUT2D eigenvalue weighted by Gasteiger charge is -2.50. The quantitative estimate of drug-likeness (QED) is 0.0837. The molecule has 0 radical (unpaired) electrons. The van der Waals surface area contributed by atoms with Crippen molar-refractivity contribution in [1.82, 2.24) is 19.6 Å². The summed E-state index contributed by atoms with van der Waals surface area (Å²) in [5, 5.41) is 26.5. The van der Waals surface area contributed by atoms with E-state index in [1.165, 1.54) is 17.8 Å². The minimum atomic E-state index is -1.59. The highest BCUT2D eigenvalue weighted by molar-refractivity contribution is 8.00. The first-order valence-electron chi connectivity index (χ1n) is 10.9. The van der Waals surface area contributed by atoms with Gasteiger partial charge in [-0.15, -0.1) is 11.8 Å². The Morgan fingerprint density at radius 1 is 1.45 bits per heavy atom. The number of aromatic nitrogens is 2. The number of aliphatic hydroxyl groups is 1. The van der Waals surface area contributed by atoms with Crippen molar-refractivity contribution in [2.24, 2.45) is 10.9 Å². The number of alkyl halides is 1. The van der Waals surface area contributed by atoms with Crippen LogP contribution in [0.4, 0.5) is 9.52 Å². The zero-order valence-electron chi connectivity index (χ0n) is 20.2. The van der Waals surface area contributed by atoms with Crippen LogP contribution < -0.4 is 21.9 Å². The van der Waals surface area contributed by atoms with Crippen molar-refractivity contribution in [2.45, 2.75) is 17.5 Å². The molecule has 0 unspecified atom stereocenters. The van der Waals surface area contributed by atoms with Crippen molar-refractivity contribution in [3.05, 3.63) is 29.2 Å². The Morgan fingerprint density at radius 3 is 2.71 bits per heavy atom. The van der Waals surface area contributed by atoms with E-state index in [4.69, 9.17) is 11.5 Å². The highest BCUT2D eigenvalue weighted by atomic mass is 32.2. The number of amides is 3. The summed E-state index contributed by atoms with van der Waals surface area (Å²) < 4.78 is 16.3. The van der Waals surface area contributed by atoms with Crippen LogP contribution in [0.1, 0.15) is 5.82 Å². The molecule has 1 saturated heterocycles. The summed E-state index contributed by atoms with van der Waals surface area (Å²) >= 11 is 1.95. The van der Waals surface area contributed by atoms with Gasteiger partial charge in [-0.3, -0.25) is 19.3 Å². The number of hydrogen-bond acceptors (Lipinski definition) is 13. The monoisotopic (exact) mass is 572 g/mol. The zero-order chi connectivity index (χ0) is 28.2. The van der Waals surface area contributed by atoms with Gasteiger partial charge in [0.1, 0.15) is 18.0 Å². The van der Waals surface area contributed by atoms with Gasteiger partial charge in [-0.05, 0) is 11.6 Å². The van der Waals surface area contributed by atoms with Crippen molar-refractivity contribution in [3.63, 3.8) is 0 Å². The van der Waals surface area contributed by atoms with Crippen molar-refractivity contribution < 1.29 is 43.1 Å². The smallest absolute Gasteiger partial charge is 0.278 e. The number of carboxylic acids is 1. The van der Waals surface area contributed by atoms with Gasteiger partial charge in [-0.1, -0.05) is 11.2 Å². The number of nitrogen functional groups attached to an aromatic ring is 1. The number of aliphatic carboxylic acids is 1. The molecule has 15 nitrogen and oxygen atoms in total. The van der Waals surface area contributed by atoms with Crippen LogP contribution in [0.15, 0.2) is 28.6 Å². The number of allylic oxidation sites excluding steroid dienone is 1. The summed E-state index contributed by atoms with van der Waals surface area (Å²) in [4.78, 5) is 58.3. The van der Waals surface area contributed by atoms with Crippen LogP contribution in [0.2, 0.25) is 0 Å². The molecule has 0 bridgehead atoms. The van der Waals surface area contributed by atoms with E-state index < -0.39 is 60.3 Å². The normalized spacial score (nSPS) is 20.7. The fourth-order valence-corrected chi connectivity index (χ4v) is 5.58. The predicted molar refractivity (Wildman–Crippen MR) is 131 cm³/mol. The summed E-state index contributed by atoms with van der Waals surface area (Å²) in [6, 6.07) is -2.00. The van der Waals surface area contributed by atoms with E-state index >= 15 is 0 Å². The third kappa shape index (κ3) is 5.93. The molecule has 18 heteroatoms. The van der Waals surface area contributed by atoms with Crippen molar-refractivity contribution >= 4 is 57.8 Å².